The molecule has 0 saturated carbocycles. The second-order valence-electron chi connectivity index (χ2n) is 3.98. The van der Waals surface area contributed by atoms with Gasteiger partial charge in [-0.3, -0.25) is 4.79 Å². The zero-order chi connectivity index (χ0) is 14.0. The molecule has 0 bridgehead atoms. The number of hydrogen-bond acceptors (Lipinski definition) is 5. The topological polar surface area (TPSA) is 81.4 Å². The Kier molecular flexibility index (Phi) is 9.77. The number of ether oxygens (including phenoxy) is 1. The molecular formula is C12H24N2O3S. The van der Waals surface area contributed by atoms with E-state index in [0.29, 0.717) is 6.42 Å². The summed E-state index contributed by atoms with van der Waals surface area (Å²) in [5.74, 6) is 0.0928. The summed E-state index contributed by atoms with van der Waals surface area (Å²) in [4.78, 5) is 23.2. The molecule has 0 fully saturated rings. The number of carbonyl (C=O) groups excluding carboxylic acids is 2. The molecule has 0 aliphatic heterocycles. The summed E-state index contributed by atoms with van der Waals surface area (Å²) >= 11 is 1.62. The molecule has 1 amide bonds. The van der Waals surface area contributed by atoms with E-state index in [1.165, 1.54) is 0 Å². The highest BCUT2D eigenvalue weighted by atomic mass is 32.2. The number of amides is 1. The molecule has 0 aromatic heterocycles. The van der Waals surface area contributed by atoms with E-state index in [4.69, 9.17) is 10.5 Å². The zero-order valence-electron chi connectivity index (χ0n) is 11.4. The van der Waals surface area contributed by atoms with Crippen LogP contribution in [-0.4, -0.2) is 42.6 Å². The number of thioether (sulfide) groups is 1. The number of carbonyl (C=O) groups is 2. The molecule has 18 heavy (non-hydrogen) atoms. The van der Waals surface area contributed by atoms with Crippen LogP contribution in [0.15, 0.2) is 0 Å². The predicted octanol–water partition coefficient (Wildman–Crippen LogP) is 0.915. The van der Waals surface area contributed by atoms with Crippen molar-refractivity contribution in [1.29, 1.82) is 0 Å². The summed E-state index contributed by atoms with van der Waals surface area (Å²) in [6, 6.07) is -0.589. The van der Waals surface area contributed by atoms with Crippen LogP contribution in [0.3, 0.4) is 0 Å². The number of hydrogen-bond donors (Lipinski definition) is 2. The quantitative estimate of drug-likeness (QED) is 0.612. The number of rotatable bonds is 9. The Morgan fingerprint density at radius 3 is 2.39 bits per heavy atom. The summed E-state index contributed by atoms with van der Waals surface area (Å²) in [5.41, 5.74) is 5.23. The summed E-state index contributed by atoms with van der Waals surface area (Å²) in [6.45, 7) is 3.82. The molecule has 0 unspecified atom stereocenters. The van der Waals surface area contributed by atoms with Crippen molar-refractivity contribution in [1.82, 2.24) is 5.32 Å². The fourth-order valence-electron chi connectivity index (χ4n) is 1.44. The Morgan fingerprint density at radius 1 is 1.33 bits per heavy atom. The first-order chi connectivity index (χ1) is 8.58. The molecule has 0 aliphatic rings. The summed E-state index contributed by atoms with van der Waals surface area (Å²) in [5, 5.41) is 2.60. The van der Waals surface area contributed by atoms with Gasteiger partial charge < -0.3 is 15.8 Å². The zero-order valence-corrected chi connectivity index (χ0v) is 12.2. The van der Waals surface area contributed by atoms with Crippen molar-refractivity contribution in [3.8, 4) is 0 Å². The first-order valence-corrected chi connectivity index (χ1v) is 7.67. The molecule has 0 heterocycles. The van der Waals surface area contributed by atoms with Gasteiger partial charge in [0.1, 0.15) is 12.1 Å². The highest BCUT2D eigenvalue weighted by Gasteiger charge is 2.23. The van der Waals surface area contributed by atoms with E-state index in [1.54, 1.807) is 11.8 Å². The Morgan fingerprint density at radius 2 is 1.94 bits per heavy atom. The van der Waals surface area contributed by atoms with Gasteiger partial charge in [0.25, 0.3) is 0 Å². The van der Waals surface area contributed by atoms with E-state index in [0.717, 1.165) is 18.6 Å². The molecule has 0 aromatic carbocycles. The lowest BCUT2D eigenvalue weighted by Crippen LogP contribution is -2.45. The first kappa shape index (κ1) is 17.2. The van der Waals surface area contributed by atoms with Crippen LogP contribution >= 0.6 is 11.8 Å². The minimum Gasteiger partial charge on any atom is -0.461 e. The van der Waals surface area contributed by atoms with Crippen LogP contribution in [0.25, 0.3) is 0 Å². The van der Waals surface area contributed by atoms with Gasteiger partial charge in [-0.05, 0) is 31.3 Å². The van der Waals surface area contributed by atoms with Crippen LogP contribution in [-0.2, 0) is 14.3 Å². The largest absolute Gasteiger partial charge is 0.461 e. The molecule has 0 saturated heterocycles. The third kappa shape index (κ3) is 6.86. The molecule has 3 N–H and O–H groups in total. The lowest BCUT2D eigenvalue weighted by molar-refractivity contribution is -0.153. The minimum atomic E-state index is -0.589. The summed E-state index contributed by atoms with van der Waals surface area (Å²) < 4.78 is 5.35. The number of nitrogens with two attached hydrogens (primary N) is 1. The van der Waals surface area contributed by atoms with Gasteiger partial charge in [-0.15, -0.1) is 0 Å². The van der Waals surface area contributed by atoms with Crippen LogP contribution in [0.1, 0.15) is 33.1 Å². The van der Waals surface area contributed by atoms with Crippen LogP contribution in [0.2, 0.25) is 0 Å². The molecule has 0 spiro atoms. The molecule has 6 heteroatoms. The lowest BCUT2D eigenvalue weighted by Gasteiger charge is -2.20. The third-order valence-corrected chi connectivity index (χ3v) is 3.25. The van der Waals surface area contributed by atoms with Gasteiger partial charge >= 0.3 is 5.97 Å². The number of esters is 1. The van der Waals surface area contributed by atoms with Gasteiger partial charge in [0.05, 0.1) is 6.54 Å². The minimum absolute atomic E-state index is 0.0796. The Balaban J connectivity index is 4.42. The smallest absolute Gasteiger partial charge is 0.328 e. The summed E-state index contributed by atoms with van der Waals surface area (Å²) in [6.07, 6.45) is 3.99. The van der Waals surface area contributed by atoms with Crippen LogP contribution < -0.4 is 11.1 Å². The lowest BCUT2D eigenvalue weighted by atomic mass is 10.2. The average Bonchev–Trinajstić information content (AvgIpc) is 2.39. The van der Waals surface area contributed by atoms with Gasteiger partial charge in [0.15, 0.2) is 0 Å². The predicted molar refractivity (Wildman–Crippen MR) is 74.4 cm³/mol. The highest BCUT2D eigenvalue weighted by molar-refractivity contribution is 7.98. The van der Waals surface area contributed by atoms with Crippen LogP contribution in [0.4, 0.5) is 0 Å². The fraction of sp³-hybridized carbons (Fsp3) is 0.833. The van der Waals surface area contributed by atoms with Crippen molar-refractivity contribution in [3.05, 3.63) is 0 Å². The molecule has 106 valence electrons. The van der Waals surface area contributed by atoms with E-state index in [2.05, 4.69) is 5.32 Å². The molecule has 1 atom stereocenters. The molecule has 5 nitrogen and oxygen atoms in total. The van der Waals surface area contributed by atoms with Gasteiger partial charge in [0.2, 0.25) is 5.91 Å². The van der Waals surface area contributed by atoms with Crippen molar-refractivity contribution in [2.45, 2.75) is 45.3 Å². The van der Waals surface area contributed by atoms with Gasteiger partial charge in [-0.1, -0.05) is 13.8 Å². The van der Waals surface area contributed by atoms with Crippen LogP contribution in [0, 0.1) is 0 Å². The molecular weight excluding hydrogens is 252 g/mol. The SMILES string of the molecule is CCC(CC)OC(=O)[C@H](CCSC)NC(=O)CN. The number of nitrogens with one attached hydrogen (secondary N) is 1. The first-order valence-electron chi connectivity index (χ1n) is 6.27. The Hall–Kier alpha value is -0.750. The summed E-state index contributed by atoms with van der Waals surface area (Å²) in [7, 11) is 0. The van der Waals surface area contributed by atoms with Crippen LogP contribution in [0.5, 0.6) is 0 Å². The maximum absolute atomic E-state index is 11.9. The Labute approximate surface area is 113 Å². The maximum Gasteiger partial charge on any atom is 0.328 e. The molecule has 0 aromatic rings. The third-order valence-electron chi connectivity index (χ3n) is 2.61. The van der Waals surface area contributed by atoms with Gasteiger partial charge in [0, 0.05) is 0 Å². The molecule has 0 aliphatic carbocycles. The Bertz CT molecular complexity index is 258. The van der Waals surface area contributed by atoms with Gasteiger partial charge in [-0.25, -0.2) is 4.79 Å². The van der Waals surface area contributed by atoms with Gasteiger partial charge in [-0.2, -0.15) is 11.8 Å². The van der Waals surface area contributed by atoms with Crippen molar-refractivity contribution < 1.29 is 14.3 Å². The van der Waals surface area contributed by atoms with E-state index in [9.17, 15) is 9.59 Å². The normalized spacial score (nSPS) is 12.3. The maximum atomic E-state index is 11.9. The second-order valence-corrected chi connectivity index (χ2v) is 4.97. The van der Waals surface area contributed by atoms with Crippen molar-refractivity contribution in [2.75, 3.05) is 18.6 Å². The monoisotopic (exact) mass is 276 g/mol. The highest BCUT2D eigenvalue weighted by Crippen LogP contribution is 2.08. The van der Waals surface area contributed by atoms with E-state index in [-0.39, 0.29) is 24.5 Å². The molecule has 0 radical (unpaired) electrons. The van der Waals surface area contributed by atoms with Crippen molar-refractivity contribution in [2.24, 2.45) is 5.73 Å². The standard InChI is InChI=1S/C12H24N2O3S/c1-4-9(5-2)17-12(16)10(6-7-18-3)14-11(15)8-13/h9-10H,4-8,13H2,1-3H3,(H,14,15)/t10-/m0/s1. The van der Waals surface area contributed by atoms with E-state index < -0.39 is 6.04 Å². The van der Waals surface area contributed by atoms with E-state index in [1.807, 2.05) is 20.1 Å². The van der Waals surface area contributed by atoms with Crippen molar-refractivity contribution in [3.63, 3.8) is 0 Å². The molecule has 0 rings (SSSR count). The average molecular weight is 276 g/mol. The van der Waals surface area contributed by atoms with E-state index >= 15 is 0 Å². The van der Waals surface area contributed by atoms with Crippen molar-refractivity contribution >= 4 is 23.6 Å². The second kappa shape index (κ2) is 10.2. The fourth-order valence-corrected chi connectivity index (χ4v) is 1.91.